The van der Waals surface area contributed by atoms with E-state index >= 15 is 0 Å². The third-order valence-electron chi connectivity index (χ3n) is 7.75. The van der Waals surface area contributed by atoms with E-state index in [1.54, 1.807) is 0 Å². The van der Waals surface area contributed by atoms with Gasteiger partial charge in [0.15, 0.2) is 0 Å². The Kier molecular flexibility index (Phi) is 20.1. The first-order valence-electron chi connectivity index (χ1n) is 16.2. The summed E-state index contributed by atoms with van der Waals surface area (Å²) in [5.74, 6) is -0.980. The van der Waals surface area contributed by atoms with Gasteiger partial charge in [0.1, 0.15) is 0 Å². The molecule has 3 rings (SSSR count). The average Bonchev–Trinajstić information content (AvgIpc) is 3.00. The summed E-state index contributed by atoms with van der Waals surface area (Å²) in [6.07, 6.45) is 8.35. The lowest BCUT2D eigenvalue weighted by Gasteiger charge is -2.40. The molecule has 1 saturated carbocycles. The van der Waals surface area contributed by atoms with E-state index in [9.17, 15) is 8.78 Å². The Morgan fingerprint density at radius 1 is 0.977 bits per heavy atom. The van der Waals surface area contributed by atoms with E-state index in [-0.39, 0.29) is 0 Å². The first kappa shape index (κ1) is 41.0. The second kappa shape index (κ2) is 21.6. The fourth-order valence-corrected chi connectivity index (χ4v) is 4.66. The summed E-state index contributed by atoms with van der Waals surface area (Å²) in [6.45, 7) is 22.8. The van der Waals surface area contributed by atoms with E-state index < -0.39 is 11.5 Å². The van der Waals surface area contributed by atoms with Gasteiger partial charge < -0.3 is 11.5 Å². The molecule has 2 aromatic rings. The number of rotatable bonds is 9. The molecule has 0 heterocycles. The summed E-state index contributed by atoms with van der Waals surface area (Å²) in [6, 6.07) is 21.2. The van der Waals surface area contributed by atoms with Crippen molar-refractivity contribution in [2.24, 2.45) is 22.4 Å². The molecule has 44 heavy (non-hydrogen) atoms. The van der Waals surface area contributed by atoms with Crippen LogP contribution in [-0.2, 0) is 0 Å². The molecule has 0 spiro atoms. The SMILES string of the molecule is C=C(C)C.C=C/C(CCC)=C(/CC)N=C(N)CC.CC(c1ccccc1)c1ccccc1.CC1CCC(N)(C(C)(F)F)CC1. The second-order valence-corrected chi connectivity index (χ2v) is 12.2. The molecular formula is C39H61F2N3. The van der Waals surface area contributed by atoms with Gasteiger partial charge in [-0.15, -0.1) is 6.58 Å². The van der Waals surface area contributed by atoms with Gasteiger partial charge in [-0.2, -0.15) is 0 Å². The first-order chi connectivity index (χ1) is 20.6. The van der Waals surface area contributed by atoms with Gasteiger partial charge in [0.2, 0.25) is 0 Å². The molecule has 5 heteroatoms. The average molecular weight is 610 g/mol. The van der Waals surface area contributed by atoms with Gasteiger partial charge >= 0.3 is 0 Å². The van der Waals surface area contributed by atoms with Gasteiger partial charge in [-0.25, -0.2) is 13.8 Å². The second-order valence-electron chi connectivity index (χ2n) is 12.2. The number of benzene rings is 2. The summed E-state index contributed by atoms with van der Waals surface area (Å²) in [4.78, 5) is 4.41. The molecule has 2 aromatic carbocycles. The molecule has 1 fully saturated rings. The number of allylic oxidation sites excluding steroid dienone is 4. The van der Waals surface area contributed by atoms with Crippen LogP contribution in [0.4, 0.5) is 8.78 Å². The van der Waals surface area contributed by atoms with E-state index in [1.165, 1.54) is 22.3 Å². The van der Waals surface area contributed by atoms with Crippen molar-refractivity contribution < 1.29 is 8.78 Å². The van der Waals surface area contributed by atoms with Gasteiger partial charge in [-0.1, -0.05) is 120 Å². The number of amidine groups is 1. The molecule has 0 aromatic heterocycles. The van der Waals surface area contributed by atoms with Crippen molar-refractivity contribution in [2.45, 2.75) is 124 Å². The van der Waals surface area contributed by atoms with E-state index in [2.05, 4.69) is 107 Å². The maximum Gasteiger partial charge on any atom is 0.262 e. The minimum absolute atomic E-state index is 0.456. The molecule has 0 radical (unpaired) electrons. The van der Waals surface area contributed by atoms with Crippen LogP contribution in [0.3, 0.4) is 0 Å². The van der Waals surface area contributed by atoms with E-state index in [4.69, 9.17) is 11.5 Å². The molecule has 4 N–H and O–H groups in total. The molecule has 0 amide bonds. The quantitative estimate of drug-likeness (QED) is 0.129. The summed E-state index contributed by atoms with van der Waals surface area (Å²) >= 11 is 0. The molecule has 1 aliphatic carbocycles. The fraction of sp³-hybridized carbons (Fsp3) is 0.513. The molecule has 0 aliphatic heterocycles. The molecule has 0 saturated heterocycles. The van der Waals surface area contributed by atoms with Gasteiger partial charge in [0.05, 0.1) is 11.4 Å². The van der Waals surface area contributed by atoms with Crippen molar-refractivity contribution in [2.75, 3.05) is 0 Å². The maximum atomic E-state index is 13.0. The molecule has 0 bridgehead atoms. The van der Waals surface area contributed by atoms with Crippen molar-refractivity contribution in [3.05, 3.63) is 108 Å². The van der Waals surface area contributed by atoms with Crippen LogP contribution in [0.5, 0.6) is 0 Å². The zero-order valence-electron chi connectivity index (χ0n) is 28.9. The predicted octanol–water partition coefficient (Wildman–Crippen LogP) is 11.4. The minimum atomic E-state index is -2.73. The number of alkyl halides is 2. The summed E-state index contributed by atoms with van der Waals surface area (Å²) in [7, 11) is 0. The Balaban J connectivity index is 0.000000595. The van der Waals surface area contributed by atoms with Crippen LogP contribution in [0.2, 0.25) is 0 Å². The first-order valence-corrected chi connectivity index (χ1v) is 16.2. The van der Waals surface area contributed by atoms with E-state index in [0.717, 1.165) is 51.1 Å². The van der Waals surface area contributed by atoms with Crippen molar-refractivity contribution in [3.8, 4) is 0 Å². The number of aliphatic imine (C=N–C) groups is 1. The lowest BCUT2D eigenvalue weighted by molar-refractivity contribution is -0.0756. The molecular weight excluding hydrogens is 548 g/mol. The Labute approximate surface area is 268 Å². The highest BCUT2D eigenvalue weighted by atomic mass is 19.3. The zero-order valence-corrected chi connectivity index (χ0v) is 28.9. The standard InChI is InChI=1S/C14H14.C12H22N2.C9H17F2N.C4H8/c1-12(13-8-4-2-5-9-13)14-10-6-3-7-11-14;1-5-9-10(6-2)11(7-3)14-12(13)8-4;1-7-3-5-9(12,6-4-7)8(2,10)11;1-4(2)3/h2-12H,1H3;6H,2,5,7-9H2,1,3-4H3,(H2,13,14);7H,3-6,12H2,1-2H3;1H2,2-3H3/b;11-10+;;. The van der Waals surface area contributed by atoms with Crippen molar-refractivity contribution >= 4 is 5.84 Å². The molecule has 0 unspecified atom stereocenters. The highest BCUT2D eigenvalue weighted by Gasteiger charge is 2.47. The molecule has 246 valence electrons. The van der Waals surface area contributed by atoms with Gasteiger partial charge in [-0.3, -0.25) is 0 Å². The number of hydrogen-bond donors (Lipinski definition) is 2. The summed E-state index contributed by atoms with van der Waals surface area (Å²) in [5, 5.41) is 0. The highest BCUT2D eigenvalue weighted by molar-refractivity contribution is 5.81. The van der Waals surface area contributed by atoms with Gasteiger partial charge in [-0.05, 0) is 75.0 Å². The number of nitrogens with zero attached hydrogens (tertiary/aromatic N) is 1. The highest BCUT2D eigenvalue weighted by Crippen LogP contribution is 2.39. The summed E-state index contributed by atoms with van der Waals surface area (Å²) < 4.78 is 26.0. The Morgan fingerprint density at radius 3 is 1.73 bits per heavy atom. The third kappa shape index (κ3) is 16.1. The van der Waals surface area contributed by atoms with Crippen LogP contribution < -0.4 is 11.5 Å². The van der Waals surface area contributed by atoms with Crippen LogP contribution in [0.15, 0.2) is 102 Å². The lowest BCUT2D eigenvalue weighted by atomic mass is 9.74. The van der Waals surface area contributed by atoms with Gasteiger partial charge in [0.25, 0.3) is 5.92 Å². The van der Waals surface area contributed by atoms with Crippen LogP contribution in [0.1, 0.15) is 124 Å². The third-order valence-corrected chi connectivity index (χ3v) is 7.75. The van der Waals surface area contributed by atoms with Gasteiger partial charge in [0, 0.05) is 25.0 Å². The Bertz CT molecular complexity index is 1080. The smallest absolute Gasteiger partial charge is 0.262 e. The van der Waals surface area contributed by atoms with Crippen LogP contribution in [0.25, 0.3) is 0 Å². The molecule has 0 atom stereocenters. The Morgan fingerprint density at radius 2 is 1.41 bits per heavy atom. The van der Waals surface area contributed by atoms with Crippen LogP contribution in [0, 0.1) is 5.92 Å². The van der Waals surface area contributed by atoms with E-state index in [1.807, 2.05) is 26.8 Å². The van der Waals surface area contributed by atoms with Crippen molar-refractivity contribution in [1.82, 2.24) is 0 Å². The van der Waals surface area contributed by atoms with Crippen molar-refractivity contribution in [1.29, 1.82) is 0 Å². The zero-order chi connectivity index (χ0) is 33.8. The largest absolute Gasteiger partial charge is 0.387 e. The van der Waals surface area contributed by atoms with Crippen LogP contribution in [-0.4, -0.2) is 17.3 Å². The van der Waals surface area contributed by atoms with E-state index in [0.29, 0.717) is 30.5 Å². The number of halogens is 2. The van der Waals surface area contributed by atoms with Crippen LogP contribution >= 0.6 is 0 Å². The maximum absolute atomic E-state index is 13.0. The normalized spacial score (nSPS) is 18.7. The lowest BCUT2D eigenvalue weighted by Crippen LogP contribution is -2.55. The monoisotopic (exact) mass is 609 g/mol. The number of hydrogen-bond acceptors (Lipinski definition) is 2. The fourth-order valence-electron chi connectivity index (χ4n) is 4.66. The predicted molar refractivity (Wildman–Crippen MR) is 190 cm³/mol. The molecule has 1 aliphatic rings. The summed E-state index contributed by atoms with van der Waals surface area (Å²) in [5.41, 5.74) is 16.4. The van der Waals surface area contributed by atoms with Crippen molar-refractivity contribution in [3.63, 3.8) is 0 Å². The molecule has 3 nitrogen and oxygen atoms in total. The Hall–Kier alpha value is -3.05. The minimum Gasteiger partial charge on any atom is -0.387 e. The number of nitrogens with two attached hydrogens (primary N) is 2. The topological polar surface area (TPSA) is 64.4 Å².